The van der Waals surface area contributed by atoms with E-state index in [9.17, 15) is 5.11 Å². The summed E-state index contributed by atoms with van der Waals surface area (Å²) in [6.07, 6.45) is 0. The Morgan fingerprint density at radius 1 is 1.12 bits per heavy atom. The summed E-state index contributed by atoms with van der Waals surface area (Å²) in [4.78, 5) is 4.39. The molecule has 1 aromatic heterocycles. The highest BCUT2D eigenvalue weighted by Gasteiger charge is 2.02. The molecule has 2 aromatic rings. The van der Waals surface area contributed by atoms with E-state index >= 15 is 0 Å². The van der Waals surface area contributed by atoms with Crippen LogP contribution in [0.1, 0.15) is 11.3 Å². The maximum absolute atomic E-state index is 9.20. The van der Waals surface area contributed by atoms with Crippen LogP contribution in [0.25, 0.3) is 11.3 Å². The number of phenols is 1. The number of benzene rings is 1. The zero-order valence-electron chi connectivity index (χ0n) is 9.01. The van der Waals surface area contributed by atoms with Gasteiger partial charge in [-0.3, -0.25) is 4.98 Å². The van der Waals surface area contributed by atoms with Crippen LogP contribution in [0.5, 0.6) is 5.75 Å². The van der Waals surface area contributed by atoms with Gasteiger partial charge in [-0.15, -0.1) is 0 Å². The molecule has 0 aliphatic rings. The largest absolute Gasteiger partial charge is 0.508 e. The molecular formula is C13H13NO2. The third-order valence-electron chi connectivity index (χ3n) is 2.36. The Hall–Kier alpha value is -1.87. The van der Waals surface area contributed by atoms with Crippen LogP contribution in [-0.4, -0.2) is 15.2 Å². The van der Waals surface area contributed by atoms with Crippen molar-refractivity contribution in [3.63, 3.8) is 0 Å². The fourth-order valence-corrected chi connectivity index (χ4v) is 1.61. The summed E-state index contributed by atoms with van der Waals surface area (Å²) in [6, 6.07) is 10.6. The number of pyridine rings is 1. The van der Waals surface area contributed by atoms with Crippen molar-refractivity contribution in [3.05, 3.63) is 47.7 Å². The first kappa shape index (κ1) is 10.6. The first-order valence-electron chi connectivity index (χ1n) is 5.07. The lowest BCUT2D eigenvalue weighted by atomic mass is 10.1. The van der Waals surface area contributed by atoms with Gasteiger partial charge in [-0.2, -0.15) is 0 Å². The van der Waals surface area contributed by atoms with Gasteiger partial charge in [-0.05, 0) is 48.9 Å². The minimum atomic E-state index is 0.00838. The van der Waals surface area contributed by atoms with Crippen molar-refractivity contribution in [2.75, 3.05) is 0 Å². The normalized spacial score (nSPS) is 10.4. The maximum atomic E-state index is 9.20. The van der Waals surface area contributed by atoms with Gasteiger partial charge in [0.15, 0.2) is 0 Å². The number of nitrogens with zero attached hydrogens (tertiary/aromatic N) is 1. The lowest BCUT2D eigenvalue weighted by molar-refractivity contribution is 0.281. The summed E-state index contributed by atoms with van der Waals surface area (Å²) < 4.78 is 0. The predicted octanol–water partition coefficient (Wildman–Crippen LogP) is 2.25. The van der Waals surface area contributed by atoms with Gasteiger partial charge in [0.25, 0.3) is 0 Å². The Morgan fingerprint density at radius 2 is 1.81 bits per heavy atom. The topological polar surface area (TPSA) is 53.4 Å². The molecule has 0 saturated heterocycles. The third-order valence-corrected chi connectivity index (χ3v) is 2.36. The zero-order chi connectivity index (χ0) is 11.5. The van der Waals surface area contributed by atoms with E-state index in [1.807, 2.05) is 19.1 Å². The number of phenolic OH excluding ortho intramolecular Hbond substituents is 1. The second-order valence-corrected chi connectivity index (χ2v) is 3.71. The molecule has 3 nitrogen and oxygen atoms in total. The molecule has 0 aliphatic heterocycles. The average Bonchev–Trinajstić information content (AvgIpc) is 2.29. The van der Waals surface area contributed by atoms with E-state index < -0.39 is 0 Å². The van der Waals surface area contributed by atoms with E-state index in [0.717, 1.165) is 22.5 Å². The molecule has 16 heavy (non-hydrogen) atoms. The first-order chi connectivity index (χ1) is 7.69. The number of hydrogen-bond donors (Lipinski definition) is 2. The number of aliphatic hydroxyl groups excluding tert-OH is 1. The van der Waals surface area contributed by atoms with Crippen LogP contribution < -0.4 is 0 Å². The Kier molecular flexibility index (Phi) is 2.88. The molecule has 0 unspecified atom stereocenters. The Bertz CT molecular complexity index is 492. The molecule has 1 heterocycles. The molecule has 82 valence electrons. The minimum Gasteiger partial charge on any atom is -0.508 e. The van der Waals surface area contributed by atoms with Crippen molar-refractivity contribution in [3.8, 4) is 17.0 Å². The van der Waals surface area contributed by atoms with Crippen molar-refractivity contribution < 1.29 is 10.2 Å². The number of aromatic nitrogens is 1. The van der Waals surface area contributed by atoms with Crippen molar-refractivity contribution >= 4 is 0 Å². The van der Waals surface area contributed by atoms with Gasteiger partial charge >= 0.3 is 0 Å². The van der Waals surface area contributed by atoms with E-state index in [0.29, 0.717) is 0 Å². The molecule has 1 aromatic carbocycles. The molecule has 0 spiro atoms. The van der Waals surface area contributed by atoms with E-state index in [1.165, 1.54) is 0 Å². The van der Waals surface area contributed by atoms with Gasteiger partial charge < -0.3 is 10.2 Å². The minimum absolute atomic E-state index is 0.00838. The summed E-state index contributed by atoms with van der Waals surface area (Å²) in [7, 11) is 0. The van der Waals surface area contributed by atoms with Gasteiger partial charge in [0, 0.05) is 11.3 Å². The molecular weight excluding hydrogens is 202 g/mol. The smallest absolute Gasteiger partial charge is 0.115 e. The summed E-state index contributed by atoms with van der Waals surface area (Å²) >= 11 is 0. The predicted molar refractivity (Wildman–Crippen MR) is 62.0 cm³/mol. The monoisotopic (exact) mass is 215 g/mol. The number of aliphatic hydroxyl groups is 1. The van der Waals surface area contributed by atoms with Crippen LogP contribution in [0, 0.1) is 6.92 Å². The van der Waals surface area contributed by atoms with Crippen LogP contribution >= 0.6 is 0 Å². The van der Waals surface area contributed by atoms with E-state index in [1.54, 1.807) is 24.3 Å². The van der Waals surface area contributed by atoms with E-state index in [-0.39, 0.29) is 12.4 Å². The number of rotatable bonds is 2. The highest BCUT2D eigenvalue weighted by molar-refractivity contribution is 5.61. The van der Waals surface area contributed by atoms with Crippen LogP contribution in [0.15, 0.2) is 36.4 Å². The molecule has 2 rings (SSSR count). The van der Waals surface area contributed by atoms with Crippen molar-refractivity contribution in [2.24, 2.45) is 0 Å². The molecule has 0 atom stereocenters. The van der Waals surface area contributed by atoms with Crippen molar-refractivity contribution in [2.45, 2.75) is 13.5 Å². The first-order valence-corrected chi connectivity index (χ1v) is 5.07. The summed E-state index contributed by atoms with van der Waals surface area (Å²) in [5.74, 6) is 0.235. The van der Waals surface area contributed by atoms with Crippen molar-refractivity contribution in [1.29, 1.82) is 0 Å². The molecule has 3 heteroatoms. The van der Waals surface area contributed by atoms with Gasteiger partial charge in [0.1, 0.15) is 5.75 Å². The SMILES string of the molecule is Cc1cc(CO)cc(-c2ccc(O)cc2)n1. The third kappa shape index (κ3) is 2.20. The quantitative estimate of drug-likeness (QED) is 0.807. The van der Waals surface area contributed by atoms with Crippen LogP contribution in [0.2, 0.25) is 0 Å². The van der Waals surface area contributed by atoms with Crippen LogP contribution in [0.3, 0.4) is 0 Å². The van der Waals surface area contributed by atoms with Crippen molar-refractivity contribution in [1.82, 2.24) is 4.98 Å². The van der Waals surface area contributed by atoms with E-state index in [2.05, 4.69) is 4.98 Å². The van der Waals surface area contributed by atoms with Crippen LogP contribution in [0.4, 0.5) is 0 Å². The zero-order valence-corrected chi connectivity index (χ0v) is 9.01. The summed E-state index contributed by atoms with van der Waals surface area (Å²) in [5.41, 5.74) is 3.45. The highest BCUT2D eigenvalue weighted by atomic mass is 16.3. The van der Waals surface area contributed by atoms with Gasteiger partial charge in [-0.25, -0.2) is 0 Å². The molecule has 0 bridgehead atoms. The molecule has 2 N–H and O–H groups in total. The Balaban J connectivity index is 2.47. The molecule has 0 fully saturated rings. The van der Waals surface area contributed by atoms with Gasteiger partial charge in [0.2, 0.25) is 0 Å². The maximum Gasteiger partial charge on any atom is 0.115 e. The lowest BCUT2D eigenvalue weighted by Crippen LogP contribution is -1.92. The van der Waals surface area contributed by atoms with E-state index in [4.69, 9.17) is 5.11 Å². The lowest BCUT2D eigenvalue weighted by Gasteiger charge is -2.05. The van der Waals surface area contributed by atoms with Gasteiger partial charge in [0.05, 0.1) is 12.3 Å². The summed E-state index contributed by atoms with van der Waals surface area (Å²) in [6.45, 7) is 1.90. The average molecular weight is 215 g/mol. The Labute approximate surface area is 94.0 Å². The second-order valence-electron chi connectivity index (χ2n) is 3.71. The summed E-state index contributed by atoms with van der Waals surface area (Å²) in [5, 5.41) is 18.3. The fraction of sp³-hybridized carbons (Fsp3) is 0.154. The fourth-order valence-electron chi connectivity index (χ4n) is 1.61. The van der Waals surface area contributed by atoms with Gasteiger partial charge in [-0.1, -0.05) is 0 Å². The number of aromatic hydroxyl groups is 1. The van der Waals surface area contributed by atoms with Crippen LogP contribution in [-0.2, 0) is 6.61 Å². The Morgan fingerprint density at radius 3 is 2.44 bits per heavy atom. The molecule has 0 aliphatic carbocycles. The number of hydrogen-bond acceptors (Lipinski definition) is 3. The standard InChI is InChI=1S/C13H13NO2/c1-9-6-10(8-15)7-13(14-9)11-2-4-12(16)5-3-11/h2-7,15-16H,8H2,1H3. The highest BCUT2D eigenvalue weighted by Crippen LogP contribution is 2.21. The molecule has 0 radical (unpaired) electrons. The number of aryl methyl sites for hydroxylation is 1. The second kappa shape index (κ2) is 4.33. The molecule has 0 amide bonds. The molecule has 0 saturated carbocycles.